The highest BCUT2D eigenvalue weighted by molar-refractivity contribution is 7.85. The van der Waals surface area contributed by atoms with Crippen molar-refractivity contribution in [3.05, 3.63) is 65.7 Å². The summed E-state index contributed by atoms with van der Waals surface area (Å²) in [6, 6.07) is 16.1. The van der Waals surface area contributed by atoms with Crippen molar-refractivity contribution in [1.82, 2.24) is 0 Å². The lowest BCUT2D eigenvalue weighted by Gasteiger charge is -2.15. The highest BCUT2D eigenvalue weighted by Gasteiger charge is 2.19. The Kier molecular flexibility index (Phi) is 3.50. The third-order valence-corrected chi connectivity index (χ3v) is 3.89. The average molecular weight is 262 g/mol. The molecule has 0 fully saturated rings. The van der Waals surface area contributed by atoms with E-state index in [2.05, 4.69) is 0 Å². The molecule has 2 rings (SSSR count). The second-order valence-corrected chi connectivity index (χ2v) is 5.54. The molecule has 0 bridgehead atoms. The molecule has 2 aromatic carbocycles. The van der Waals surface area contributed by atoms with E-state index < -0.39 is 10.1 Å². The fraction of sp³-hybridized carbons (Fsp3) is 0.143. The smallest absolute Gasteiger partial charge is 0.282 e. The molecule has 1 atom stereocenters. The van der Waals surface area contributed by atoms with Crippen LogP contribution in [0.15, 0.2) is 59.5 Å². The molecule has 0 saturated heterocycles. The zero-order valence-corrected chi connectivity index (χ0v) is 10.8. The highest BCUT2D eigenvalue weighted by Crippen LogP contribution is 2.29. The Balaban J connectivity index is 2.53. The minimum absolute atomic E-state index is 0.0265. The molecule has 94 valence electrons. The first-order chi connectivity index (χ1) is 8.50. The Morgan fingerprint density at radius 2 is 1.50 bits per heavy atom. The van der Waals surface area contributed by atoms with Crippen molar-refractivity contribution in [1.29, 1.82) is 0 Å². The molecule has 0 amide bonds. The quantitative estimate of drug-likeness (QED) is 0.865. The minimum atomic E-state index is -4.19. The van der Waals surface area contributed by atoms with Gasteiger partial charge < -0.3 is 0 Å². The van der Waals surface area contributed by atoms with E-state index in [0.717, 1.165) is 5.56 Å². The van der Waals surface area contributed by atoms with Crippen molar-refractivity contribution in [3.63, 3.8) is 0 Å². The van der Waals surface area contributed by atoms with Crippen molar-refractivity contribution < 1.29 is 13.0 Å². The molecule has 1 unspecified atom stereocenters. The number of hydrogen-bond acceptors (Lipinski definition) is 2. The summed E-state index contributed by atoms with van der Waals surface area (Å²) in [6.07, 6.45) is 0. The summed E-state index contributed by atoms with van der Waals surface area (Å²) in [5.41, 5.74) is 1.61. The van der Waals surface area contributed by atoms with Gasteiger partial charge in [-0.1, -0.05) is 55.5 Å². The summed E-state index contributed by atoms with van der Waals surface area (Å²) in [7, 11) is -4.19. The first kappa shape index (κ1) is 12.8. The third-order valence-electron chi connectivity index (χ3n) is 2.96. The van der Waals surface area contributed by atoms with Crippen molar-refractivity contribution in [2.24, 2.45) is 0 Å². The van der Waals surface area contributed by atoms with Crippen LogP contribution in [0.2, 0.25) is 0 Å². The average Bonchev–Trinajstić information content (AvgIpc) is 2.38. The molecule has 4 heteroatoms. The Morgan fingerprint density at radius 1 is 0.944 bits per heavy atom. The van der Waals surface area contributed by atoms with E-state index in [1.165, 1.54) is 6.07 Å². The van der Waals surface area contributed by atoms with Crippen LogP contribution in [0.5, 0.6) is 0 Å². The summed E-state index contributed by atoms with van der Waals surface area (Å²) >= 11 is 0. The zero-order chi connectivity index (χ0) is 13.2. The van der Waals surface area contributed by atoms with Crippen LogP contribution in [-0.2, 0) is 10.1 Å². The van der Waals surface area contributed by atoms with Gasteiger partial charge in [0.15, 0.2) is 0 Å². The molecule has 0 aliphatic heterocycles. The predicted octanol–water partition coefficient (Wildman–Crippen LogP) is 3.09. The molecule has 0 heterocycles. The van der Waals surface area contributed by atoms with Gasteiger partial charge in [-0.3, -0.25) is 4.55 Å². The van der Waals surface area contributed by atoms with Gasteiger partial charge in [-0.15, -0.1) is 0 Å². The summed E-state index contributed by atoms with van der Waals surface area (Å²) in [6.45, 7) is 1.92. The normalized spacial score (nSPS) is 13.2. The topological polar surface area (TPSA) is 54.4 Å². The molecule has 0 spiro atoms. The molecular formula is C14H14O3S. The van der Waals surface area contributed by atoms with Crippen molar-refractivity contribution in [3.8, 4) is 0 Å². The van der Waals surface area contributed by atoms with Gasteiger partial charge in [0, 0.05) is 5.92 Å². The third kappa shape index (κ3) is 2.60. The standard InChI is InChI=1S/C14H14O3S/c1-11(12-7-3-2-4-8-12)13-9-5-6-10-14(13)18(15,16)17/h2-11H,1H3,(H,15,16,17). The van der Waals surface area contributed by atoms with Crippen LogP contribution in [0.25, 0.3) is 0 Å². The summed E-state index contributed by atoms with van der Waals surface area (Å²) in [4.78, 5) is -0.0265. The van der Waals surface area contributed by atoms with Gasteiger partial charge in [0.1, 0.15) is 0 Å². The lowest BCUT2D eigenvalue weighted by Crippen LogP contribution is -2.06. The minimum Gasteiger partial charge on any atom is -0.282 e. The number of benzene rings is 2. The first-order valence-corrected chi connectivity index (χ1v) is 7.05. The fourth-order valence-corrected chi connectivity index (χ4v) is 2.79. The molecule has 0 aliphatic carbocycles. The van der Waals surface area contributed by atoms with Crippen LogP contribution in [0.4, 0.5) is 0 Å². The molecule has 0 saturated carbocycles. The molecule has 18 heavy (non-hydrogen) atoms. The van der Waals surface area contributed by atoms with Crippen LogP contribution in [0, 0.1) is 0 Å². The monoisotopic (exact) mass is 262 g/mol. The van der Waals surface area contributed by atoms with Gasteiger partial charge in [-0.2, -0.15) is 8.42 Å². The van der Waals surface area contributed by atoms with E-state index in [4.69, 9.17) is 0 Å². The van der Waals surface area contributed by atoms with Crippen molar-refractivity contribution >= 4 is 10.1 Å². The molecule has 0 aliphatic rings. The Hall–Kier alpha value is -1.65. The van der Waals surface area contributed by atoms with E-state index in [0.29, 0.717) is 5.56 Å². The SMILES string of the molecule is CC(c1ccccc1)c1ccccc1S(=O)(=O)O. The lowest BCUT2D eigenvalue weighted by molar-refractivity contribution is 0.481. The second kappa shape index (κ2) is 4.92. The van der Waals surface area contributed by atoms with Gasteiger partial charge in [0.25, 0.3) is 10.1 Å². The highest BCUT2D eigenvalue weighted by atomic mass is 32.2. The summed E-state index contributed by atoms with van der Waals surface area (Å²) < 4.78 is 31.9. The van der Waals surface area contributed by atoms with Crippen LogP contribution >= 0.6 is 0 Å². The molecule has 3 nitrogen and oxygen atoms in total. The van der Waals surface area contributed by atoms with Crippen molar-refractivity contribution in [2.75, 3.05) is 0 Å². The maximum absolute atomic E-state index is 11.3. The Bertz CT molecular complexity index is 633. The van der Waals surface area contributed by atoms with Crippen LogP contribution in [0.1, 0.15) is 24.0 Å². The van der Waals surface area contributed by atoms with Crippen LogP contribution in [-0.4, -0.2) is 13.0 Å². The van der Waals surface area contributed by atoms with E-state index in [-0.39, 0.29) is 10.8 Å². The summed E-state index contributed by atoms with van der Waals surface area (Å²) in [5.74, 6) is -0.0932. The fourth-order valence-electron chi connectivity index (χ4n) is 1.99. The maximum atomic E-state index is 11.3. The molecule has 0 radical (unpaired) electrons. The molecule has 0 aromatic heterocycles. The van der Waals surface area contributed by atoms with Crippen molar-refractivity contribution in [2.45, 2.75) is 17.7 Å². The first-order valence-electron chi connectivity index (χ1n) is 5.61. The molecule has 2 aromatic rings. The lowest BCUT2D eigenvalue weighted by atomic mass is 9.93. The van der Waals surface area contributed by atoms with Crippen LogP contribution < -0.4 is 0 Å². The Labute approximate surface area is 107 Å². The van der Waals surface area contributed by atoms with Gasteiger partial charge in [-0.05, 0) is 17.2 Å². The number of hydrogen-bond donors (Lipinski definition) is 1. The largest absolute Gasteiger partial charge is 0.294 e. The maximum Gasteiger partial charge on any atom is 0.294 e. The molecule has 1 N–H and O–H groups in total. The van der Waals surface area contributed by atoms with Gasteiger partial charge in [-0.25, -0.2) is 0 Å². The van der Waals surface area contributed by atoms with E-state index >= 15 is 0 Å². The van der Waals surface area contributed by atoms with Gasteiger partial charge >= 0.3 is 0 Å². The van der Waals surface area contributed by atoms with E-state index in [1.54, 1.807) is 18.2 Å². The zero-order valence-electron chi connectivity index (χ0n) is 9.95. The van der Waals surface area contributed by atoms with E-state index in [1.807, 2.05) is 37.3 Å². The number of rotatable bonds is 3. The van der Waals surface area contributed by atoms with Gasteiger partial charge in [0.05, 0.1) is 4.90 Å². The van der Waals surface area contributed by atoms with Crippen LogP contribution in [0.3, 0.4) is 0 Å². The van der Waals surface area contributed by atoms with E-state index in [9.17, 15) is 13.0 Å². The van der Waals surface area contributed by atoms with Gasteiger partial charge in [0.2, 0.25) is 0 Å². The predicted molar refractivity (Wildman–Crippen MR) is 70.2 cm³/mol. The second-order valence-electron chi connectivity index (χ2n) is 4.15. The summed E-state index contributed by atoms with van der Waals surface area (Å²) in [5, 5.41) is 0. The Morgan fingerprint density at radius 3 is 2.11 bits per heavy atom. The molecular weight excluding hydrogens is 248 g/mol.